The summed E-state index contributed by atoms with van der Waals surface area (Å²) in [4.78, 5) is 18.7. The second-order valence-corrected chi connectivity index (χ2v) is 9.31. The zero-order valence-electron chi connectivity index (χ0n) is 18.0. The van der Waals surface area contributed by atoms with Gasteiger partial charge in [-0.1, -0.05) is 11.3 Å². The number of carbonyl (C=O) groups is 1. The van der Waals surface area contributed by atoms with Gasteiger partial charge in [-0.25, -0.2) is 13.9 Å². The quantitative estimate of drug-likeness (QED) is 0.591. The molecule has 0 spiro atoms. The van der Waals surface area contributed by atoms with Crippen LogP contribution in [0.5, 0.6) is 0 Å². The fourth-order valence-electron chi connectivity index (χ4n) is 5.94. The molecule has 4 aliphatic rings. The number of nitrogens with zero attached hydrogens (tertiary/aromatic N) is 6. The molecule has 10 heteroatoms. The van der Waals surface area contributed by atoms with Gasteiger partial charge < -0.3 is 9.47 Å². The third-order valence-corrected chi connectivity index (χ3v) is 7.73. The van der Waals surface area contributed by atoms with Gasteiger partial charge in [-0.3, -0.25) is 9.88 Å². The first-order valence-corrected chi connectivity index (χ1v) is 11.2. The monoisotopic (exact) mass is 458 g/mol. The van der Waals surface area contributed by atoms with Gasteiger partial charge in [0.1, 0.15) is 17.3 Å². The number of hydrogen-bond donors (Lipinski definition) is 0. The number of rotatable bonds is 4. The number of halogens is 1. The first-order valence-electron chi connectivity index (χ1n) is 11.2. The lowest BCUT2D eigenvalue weighted by Gasteiger charge is -2.16. The smallest absolute Gasteiger partial charge is 0.415 e. The van der Waals surface area contributed by atoms with Crippen molar-refractivity contribution < 1.29 is 18.7 Å². The summed E-state index contributed by atoms with van der Waals surface area (Å²) >= 11 is 0. The summed E-state index contributed by atoms with van der Waals surface area (Å²) in [6, 6.07) is 9.05. The number of anilines is 1. The molecule has 0 bridgehead atoms. The third-order valence-electron chi connectivity index (χ3n) is 7.73. The summed E-state index contributed by atoms with van der Waals surface area (Å²) in [7, 11) is 0. The maximum atomic E-state index is 15.2. The lowest BCUT2D eigenvalue weighted by molar-refractivity contribution is 0.117. The number of fused-ring (bicyclic) bond motifs is 4. The van der Waals surface area contributed by atoms with Crippen LogP contribution in [0.3, 0.4) is 0 Å². The Hall–Kier alpha value is -3.84. The average Bonchev–Trinajstić information content (AvgIpc) is 3.45. The first kappa shape index (κ1) is 19.6. The molecule has 4 atom stereocenters. The number of benzene rings is 1. The largest absolute Gasteiger partial charge is 0.442 e. The molecule has 9 nitrogen and oxygen atoms in total. The number of cyclic esters (lactones) is 1. The zero-order valence-corrected chi connectivity index (χ0v) is 18.0. The van der Waals surface area contributed by atoms with Crippen molar-refractivity contribution in [2.24, 2.45) is 11.8 Å². The Bertz CT molecular complexity index is 1340. The van der Waals surface area contributed by atoms with Gasteiger partial charge in [0.15, 0.2) is 0 Å². The molecule has 3 fully saturated rings. The van der Waals surface area contributed by atoms with Gasteiger partial charge in [0.2, 0.25) is 0 Å². The highest BCUT2D eigenvalue weighted by atomic mass is 19.1. The highest BCUT2D eigenvalue weighted by Crippen LogP contribution is 2.62. The normalized spacial score (nSPS) is 30.5. The van der Waals surface area contributed by atoms with Crippen LogP contribution in [0.15, 0.2) is 42.9 Å². The number of nitriles is 1. The first-order chi connectivity index (χ1) is 16.6. The summed E-state index contributed by atoms with van der Waals surface area (Å²) in [5, 5.41) is 17.5. The molecule has 5 heterocycles. The van der Waals surface area contributed by atoms with E-state index in [0.717, 1.165) is 11.3 Å². The van der Waals surface area contributed by atoms with Gasteiger partial charge in [-0.2, -0.15) is 5.26 Å². The van der Waals surface area contributed by atoms with E-state index in [1.165, 1.54) is 11.0 Å². The summed E-state index contributed by atoms with van der Waals surface area (Å²) in [5.74, 6) is -0.0642. The van der Waals surface area contributed by atoms with E-state index in [1.807, 2.05) is 12.1 Å². The Labute approximate surface area is 193 Å². The van der Waals surface area contributed by atoms with E-state index in [2.05, 4.69) is 21.4 Å². The highest BCUT2D eigenvalue weighted by molar-refractivity contribution is 5.94. The second-order valence-electron chi connectivity index (χ2n) is 9.31. The van der Waals surface area contributed by atoms with Crippen LogP contribution in [0, 0.1) is 29.0 Å². The maximum Gasteiger partial charge on any atom is 0.415 e. The lowest BCUT2D eigenvalue weighted by Crippen LogP contribution is -2.35. The molecule has 170 valence electrons. The van der Waals surface area contributed by atoms with Crippen LogP contribution >= 0.6 is 0 Å². The summed E-state index contributed by atoms with van der Waals surface area (Å²) in [6.45, 7) is 1.55. The Morgan fingerprint density at radius 3 is 2.82 bits per heavy atom. The molecule has 1 aliphatic carbocycles. The van der Waals surface area contributed by atoms with E-state index in [9.17, 15) is 10.1 Å². The molecule has 1 amide bonds. The molecule has 1 saturated carbocycles. The summed E-state index contributed by atoms with van der Waals surface area (Å²) in [6.07, 6.45) is 4.59. The molecule has 3 aromatic rings. The van der Waals surface area contributed by atoms with E-state index in [1.54, 1.807) is 29.3 Å². The van der Waals surface area contributed by atoms with E-state index in [-0.39, 0.29) is 17.9 Å². The van der Waals surface area contributed by atoms with Gasteiger partial charge in [0.25, 0.3) is 0 Å². The highest BCUT2D eigenvalue weighted by Gasteiger charge is 2.70. The molecule has 2 saturated heterocycles. The number of amides is 1. The van der Waals surface area contributed by atoms with Crippen molar-refractivity contribution in [2.45, 2.75) is 30.5 Å². The molecule has 2 unspecified atom stereocenters. The SMILES string of the molecule is N#CC1(c2ccc(-c3cc4c(cc3F)N3C(=O)O[C@@H](Cn5ccnn5)[C@@H]3C4)cn2)C2COCC21. The average molecular weight is 458 g/mol. The van der Waals surface area contributed by atoms with Gasteiger partial charge in [-0.05, 0) is 30.2 Å². The van der Waals surface area contributed by atoms with Crippen LogP contribution in [0.4, 0.5) is 14.9 Å². The van der Waals surface area contributed by atoms with Gasteiger partial charge in [0, 0.05) is 35.4 Å². The van der Waals surface area contributed by atoms with E-state index in [4.69, 9.17) is 9.47 Å². The Morgan fingerprint density at radius 2 is 2.12 bits per heavy atom. The predicted molar refractivity (Wildman–Crippen MR) is 115 cm³/mol. The molecule has 0 radical (unpaired) electrons. The fourth-order valence-corrected chi connectivity index (χ4v) is 5.94. The van der Waals surface area contributed by atoms with Crippen molar-refractivity contribution >= 4 is 11.8 Å². The van der Waals surface area contributed by atoms with Crippen molar-refractivity contribution in [1.82, 2.24) is 20.0 Å². The number of carbonyl (C=O) groups excluding carboxylic acids is 1. The number of aromatic nitrogens is 4. The van der Waals surface area contributed by atoms with Crippen molar-refractivity contribution in [1.29, 1.82) is 5.26 Å². The van der Waals surface area contributed by atoms with E-state index >= 15 is 4.39 Å². The van der Waals surface area contributed by atoms with E-state index < -0.39 is 23.4 Å². The standard InChI is InChI=1S/C24H19FN6O3/c25-18-7-19-14(6-20-21(34-23(32)31(19)20)9-30-4-3-28-29-30)5-15(18)13-1-2-22(27-8-13)24(12-26)16-10-33-11-17(16)24/h1-5,7-8,16-17,20-21H,6,9-11H2/t16?,17?,20-,21-,24?/m0/s1. The number of pyridine rings is 1. The van der Waals surface area contributed by atoms with Crippen LogP contribution < -0.4 is 4.90 Å². The molecule has 1 aromatic carbocycles. The predicted octanol–water partition coefficient (Wildman–Crippen LogP) is 2.47. The summed E-state index contributed by atoms with van der Waals surface area (Å²) in [5.41, 5.74) is 2.61. The minimum Gasteiger partial charge on any atom is -0.442 e. The molecule has 7 rings (SSSR count). The molecular formula is C24H19FN6O3. The molecule has 2 aromatic heterocycles. The minimum absolute atomic E-state index is 0.186. The third kappa shape index (κ3) is 2.56. The minimum atomic E-state index is -0.586. The van der Waals surface area contributed by atoms with Crippen LogP contribution in [0.25, 0.3) is 11.1 Å². The molecule has 3 aliphatic heterocycles. The van der Waals surface area contributed by atoms with Gasteiger partial charge in [-0.15, -0.1) is 5.10 Å². The maximum absolute atomic E-state index is 15.2. The molecule has 0 N–H and O–H groups in total. The van der Waals surface area contributed by atoms with Crippen molar-refractivity contribution in [3.8, 4) is 17.2 Å². The zero-order chi connectivity index (χ0) is 23.0. The van der Waals surface area contributed by atoms with E-state index in [0.29, 0.717) is 43.0 Å². The Balaban J connectivity index is 1.18. The van der Waals surface area contributed by atoms with Crippen molar-refractivity contribution in [3.05, 3.63) is 59.9 Å². The fraction of sp³-hybridized carbons (Fsp3) is 0.375. The van der Waals surface area contributed by atoms with Crippen LogP contribution in [0.2, 0.25) is 0 Å². The Morgan fingerprint density at radius 1 is 1.26 bits per heavy atom. The Kier molecular flexibility index (Phi) is 3.94. The second kappa shape index (κ2) is 6.84. The number of ether oxygens (including phenoxy) is 2. The number of hydrogen-bond acceptors (Lipinski definition) is 7. The summed E-state index contributed by atoms with van der Waals surface area (Å²) < 4.78 is 27.8. The van der Waals surface area contributed by atoms with Crippen LogP contribution in [-0.2, 0) is 27.9 Å². The van der Waals surface area contributed by atoms with Crippen LogP contribution in [-0.4, -0.2) is 51.4 Å². The lowest BCUT2D eigenvalue weighted by atomic mass is 9.95. The molecule has 34 heavy (non-hydrogen) atoms. The van der Waals surface area contributed by atoms with Crippen LogP contribution in [0.1, 0.15) is 11.3 Å². The topological polar surface area (TPSA) is 106 Å². The van der Waals surface area contributed by atoms with Crippen molar-refractivity contribution in [3.63, 3.8) is 0 Å². The van der Waals surface area contributed by atoms with Crippen molar-refractivity contribution in [2.75, 3.05) is 18.1 Å². The molecular weight excluding hydrogens is 439 g/mol. The van der Waals surface area contributed by atoms with Gasteiger partial charge in [0.05, 0.1) is 49.4 Å². The van der Waals surface area contributed by atoms with Gasteiger partial charge >= 0.3 is 6.09 Å².